The number of likely N-dealkylation sites (tertiary alicyclic amines) is 1. The number of nitrogen functional groups attached to an aromatic ring is 1. The smallest absolute Gasteiger partial charge is 0.273 e. The number of aliphatic hydroxyl groups excluding tert-OH is 1. The van der Waals surface area contributed by atoms with Gasteiger partial charge in [0, 0.05) is 24.9 Å². The molecule has 4 N–H and O–H groups in total. The summed E-state index contributed by atoms with van der Waals surface area (Å²) in [7, 11) is 0. The molecule has 3 heterocycles. The van der Waals surface area contributed by atoms with Gasteiger partial charge in [0.15, 0.2) is 5.13 Å². The molecule has 0 aliphatic carbocycles. The average molecular weight is 327 g/mol. The molecule has 22 heavy (non-hydrogen) atoms. The van der Waals surface area contributed by atoms with Crippen LogP contribution in [0.15, 0.2) is 5.38 Å². The van der Waals surface area contributed by atoms with Crippen molar-refractivity contribution in [3.63, 3.8) is 0 Å². The third kappa shape index (κ3) is 2.60. The number of nitrogens with two attached hydrogens (primary N) is 1. The molecule has 0 radical (unpaired) electrons. The Bertz CT molecular complexity index is 566. The lowest BCUT2D eigenvalue weighted by atomic mass is 9.75. The van der Waals surface area contributed by atoms with Crippen molar-refractivity contribution in [3.8, 4) is 0 Å². The number of carbonyl (C=O) groups excluding carboxylic acids is 1. The zero-order valence-corrected chi connectivity index (χ0v) is 13.3. The Morgan fingerprint density at radius 2 is 2.18 bits per heavy atom. The number of thiazole rings is 1. The molecule has 0 saturated carbocycles. The van der Waals surface area contributed by atoms with Crippen LogP contribution in [0.2, 0.25) is 0 Å². The summed E-state index contributed by atoms with van der Waals surface area (Å²) in [5.41, 5.74) is 4.01. The van der Waals surface area contributed by atoms with Gasteiger partial charge < -0.3 is 25.6 Å². The van der Waals surface area contributed by atoms with E-state index in [1.807, 2.05) is 0 Å². The average Bonchev–Trinajstić information content (AvgIpc) is 2.91. The van der Waals surface area contributed by atoms with Gasteiger partial charge in [0.2, 0.25) is 0 Å². The van der Waals surface area contributed by atoms with Crippen LogP contribution < -0.4 is 5.73 Å². The number of piperidine rings is 1. The zero-order chi connectivity index (χ0) is 16.0. The summed E-state index contributed by atoms with van der Waals surface area (Å²) in [5.74, 6) is -0.153. The van der Waals surface area contributed by atoms with E-state index in [0.29, 0.717) is 49.8 Å². The SMILES string of the molecule is C[C@@]1(O)CCOC2(CCN(C(=O)c3csc(N)n3)CC2)[C@H]1O. The number of aliphatic hydroxyl groups is 2. The predicted molar refractivity (Wildman–Crippen MR) is 81.6 cm³/mol. The van der Waals surface area contributed by atoms with Gasteiger partial charge in [0.25, 0.3) is 5.91 Å². The fourth-order valence-corrected chi connectivity index (χ4v) is 3.83. The van der Waals surface area contributed by atoms with E-state index in [0.717, 1.165) is 0 Å². The molecule has 7 nitrogen and oxygen atoms in total. The Morgan fingerprint density at radius 1 is 1.50 bits per heavy atom. The standard InChI is InChI=1S/C14H21N3O4S/c1-13(20)4-7-21-14(11(13)19)2-5-17(6-3-14)10(18)9-8-22-12(15)16-9/h8,11,19-20H,2-7H2,1H3,(H2,15,16)/t11-,13+/m0/s1. The molecule has 0 aromatic carbocycles. The second-order valence-electron chi connectivity index (χ2n) is 6.29. The second kappa shape index (κ2) is 5.45. The minimum absolute atomic E-state index is 0.153. The lowest BCUT2D eigenvalue weighted by molar-refractivity contribution is -0.244. The fourth-order valence-electron chi connectivity index (χ4n) is 3.30. The summed E-state index contributed by atoms with van der Waals surface area (Å²) in [6.45, 7) is 2.98. The van der Waals surface area contributed by atoms with E-state index in [2.05, 4.69) is 4.98 Å². The largest absolute Gasteiger partial charge is 0.387 e. The molecular formula is C14H21N3O4S. The van der Waals surface area contributed by atoms with Gasteiger partial charge >= 0.3 is 0 Å². The van der Waals surface area contributed by atoms with Crippen LogP contribution in [-0.4, -0.2) is 63.0 Å². The van der Waals surface area contributed by atoms with Crippen molar-refractivity contribution in [1.82, 2.24) is 9.88 Å². The molecule has 2 aliphatic heterocycles. The van der Waals surface area contributed by atoms with Crippen LogP contribution in [0.4, 0.5) is 5.13 Å². The van der Waals surface area contributed by atoms with Crippen molar-refractivity contribution in [2.24, 2.45) is 0 Å². The number of hydrogen-bond acceptors (Lipinski definition) is 7. The van der Waals surface area contributed by atoms with Crippen molar-refractivity contribution in [2.45, 2.75) is 43.5 Å². The van der Waals surface area contributed by atoms with Crippen LogP contribution >= 0.6 is 11.3 Å². The van der Waals surface area contributed by atoms with Crippen molar-refractivity contribution < 1.29 is 19.7 Å². The topological polar surface area (TPSA) is 109 Å². The number of anilines is 1. The van der Waals surface area contributed by atoms with Crippen LogP contribution in [0.5, 0.6) is 0 Å². The van der Waals surface area contributed by atoms with Gasteiger partial charge in [0.1, 0.15) is 17.4 Å². The summed E-state index contributed by atoms with van der Waals surface area (Å²) < 4.78 is 5.81. The maximum atomic E-state index is 12.4. The Balaban J connectivity index is 1.68. The third-order valence-electron chi connectivity index (χ3n) is 4.72. The fraction of sp³-hybridized carbons (Fsp3) is 0.714. The molecule has 122 valence electrons. The number of hydrogen-bond donors (Lipinski definition) is 3. The molecule has 2 fully saturated rings. The van der Waals surface area contributed by atoms with Gasteiger partial charge in [-0.25, -0.2) is 4.98 Å². The van der Waals surface area contributed by atoms with Gasteiger partial charge in [-0.15, -0.1) is 11.3 Å². The summed E-state index contributed by atoms with van der Waals surface area (Å²) >= 11 is 1.24. The van der Waals surface area contributed by atoms with E-state index in [1.54, 1.807) is 17.2 Å². The van der Waals surface area contributed by atoms with E-state index >= 15 is 0 Å². The lowest BCUT2D eigenvalue weighted by Gasteiger charge is -2.51. The number of amides is 1. The molecular weight excluding hydrogens is 306 g/mol. The maximum absolute atomic E-state index is 12.4. The number of carbonyl (C=O) groups is 1. The van der Waals surface area contributed by atoms with Crippen molar-refractivity contribution >= 4 is 22.4 Å². The highest BCUT2D eigenvalue weighted by molar-refractivity contribution is 7.13. The van der Waals surface area contributed by atoms with E-state index in [9.17, 15) is 15.0 Å². The first-order valence-electron chi connectivity index (χ1n) is 7.39. The molecule has 2 saturated heterocycles. The number of nitrogens with zero attached hydrogens (tertiary/aromatic N) is 2. The van der Waals surface area contributed by atoms with E-state index in [-0.39, 0.29) is 5.91 Å². The normalized spacial score (nSPS) is 31.4. The van der Waals surface area contributed by atoms with Crippen LogP contribution in [0, 0.1) is 0 Å². The predicted octanol–water partition coefficient (Wildman–Crippen LogP) is 0.232. The van der Waals surface area contributed by atoms with Crippen molar-refractivity contribution in [1.29, 1.82) is 0 Å². The zero-order valence-electron chi connectivity index (χ0n) is 12.5. The highest BCUT2D eigenvalue weighted by atomic mass is 32.1. The molecule has 1 amide bonds. The minimum Gasteiger partial charge on any atom is -0.387 e. The lowest BCUT2D eigenvalue weighted by Crippen LogP contribution is -2.64. The van der Waals surface area contributed by atoms with Crippen LogP contribution in [0.25, 0.3) is 0 Å². The number of ether oxygens (including phenoxy) is 1. The Hall–Kier alpha value is -1.22. The summed E-state index contributed by atoms with van der Waals surface area (Å²) in [5, 5.41) is 22.8. The van der Waals surface area contributed by atoms with E-state index < -0.39 is 17.3 Å². The highest BCUT2D eigenvalue weighted by Gasteiger charge is 2.52. The van der Waals surface area contributed by atoms with Gasteiger partial charge in [-0.05, 0) is 19.8 Å². The molecule has 1 aromatic heterocycles. The van der Waals surface area contributed by atoms with Crippen LogP contribution in [0.3, 0.4) is 0 Å². The Kier molecular flexibility index (Phi) is 3.88. The molecule has 8 heteroatoms. The quantitative estimate of drug-likeness (QED) is 0.681. The molecule has 2 aliphatic rings. The van der Waals surface area contributed by atoms with Gasteiger partial charge in [-0.3, -0.25) is 4.79 Å². The summed E-state index contributed by atoms with van der Waals surface area (Å²) in [6.07, 6.45) is 0.461. The number of aromatic nitrogens is 1. The first-order chi connectivity index (χ1) is 10.3. The monoisotopic (exact) mass is 327 g/mol. The van der Waals surface area contributed by atoms with E-state index in [1.165, 1.54) is 11.3 Å². The molecule has 1 aromatic rings. The summed E-state index contributed by atoms with van der Waals surface area (Å²) in [6, 6.07) is 0. The first-order valence-corrected chi connectivity index (χ1v) is 8.27. The molecule has 2 atom stereocenters. The third-order valence-corrected chi connectivity index (χ3v) is 5.40. The van der Waals surface area contributed by atoms with Gasteiger partial charge in [-0.1, -0.05) is 0 Å². The van der Waals surface area contributed by atoms with Gasteiger partial charge in [-0.2, -0.15) is 0 Å². The Morgan fingerprint density at radius 3 is 2.77 bits per heavy atom. The highest BCUT2D eigenvalue weighted by Crippen LogP contribution is 2.39. The van der Waals surface area contributed by atoms with Crippen molar-refractivity contribution in [3.05, 3.63) is 11.1 Å². The van der Waals surface area contributed by atoms with Crippen molar-refractivity contribution in [2.75, 3.05) is 25.4 Å². The molecule has 3 rings (SSSR count). The van der Waals surface area contributed by atoms with Crippen LogP contribution in [0.1, 0.15) is 36.7 Å². The van der Waals surface area contributed by atoms with Gasteiger partial charge in [0.05, 0.1) is 12.2 Å². The van der Waals surface area contributed by atoms with E-state index in [4.69, 9.17) is 10.5 Å². The molecule has 0 bridgehead atoms. The Labute approximate surface area is 132 Å². The summed E-state index contributed by atoms with van der Waals surface area (Å²) in [4.78, 5) is 18.1. The maximum Gasteiger partial charge on any atom is 0.273 e. The molecule has 1 spiro atoms. The van der Waals surface area contributed by atoms with Crippen LogP contribution in [-0.2, 0) is 4.74 Å². The molecule has 0 unspecified atom stereocenters. The first kappa shape index (κ1) is 15.7. The number of rotatable bonds is 1. The second-order valence-corrected chi connectivity index (χ2v) is 7.18. The minimum atomic E-state index is -1.15.